The van der Waals surface area contributed by atoms with E-state index in [0.717, 1.165) is 49.1 Å². The Hall–Kier alpha value is -2.07. The number of hydrogen-bond donors (Lipinski definition) is 2. The van der Waals surface area contributed by atoms with Gasteiger partial charge in [-0.25, -0.2) is 9.98 Å². The molecule has 182 valence electrons. The zero-order chi connectivity index (χ0) is 22.7. The van der Waals surface area contributed by atoms with Crippen molar-refractivity contribution >= 4 is 29.9 Å². The van der Waals surface area contributed by atoms with Gasteiger partial charge in [0.2, 0.25) is 5.88 Å². The Balaban J connectivity index is 0.00000385. The lowest BCUT2D eigenvalue weighted by atomic mass is 9.83. The molecule has 2 aromatic rings. The number of ether oxygens (including phenoxy) is 3. The number of pyridine rings is 1. The van der Waals surface area contributed by atoms with Crippen LogP contribution in [0, 0.1) is 5.41 Å². The van der Waals surface area contributed by atoms with Gasteiger partial charge < -0.3 is 24.8 Å². The average Bonchev–Trinajstić information content (AvgIpc) is 3.30. The highest BCUT2D eigenvalue weighted by molar-refractivity contribution is 14.0. The van der Waals surface area contributed by atoms with Gasteiger partial charge in [-0.05, 0) is 61.4 Å². The van der Waals surface area contributed by atoms with Crippen molar-refractivity contribution in [3.63, 3.8) is 0 Å². The molecule has 7 nitrogen and oxygen atoms in total. The van der Waals surface area contributed by atoms with Gasteiger partial charge in [0.1, 0.15) is 11.5 Å². The monoisotopic (exact) mass is 568 g/mol. The molecule has 33 heavy (non-hydrogen) atoms. The largest absolute Gasteiger partial charge is 0.497 e. The van der Waals surface area contributed by atoms with Crippen molar-refractivity contribution in [2.75, 3.05) is 33.9 Å². The summed E-state index contributed by atoms with van der Waals surface area (Å²) in [5.74, 6) is 2.90. The molecule has 2 N–H and O–H groups in total. The molecule has 1 aromatic carbocycles. The van der Waals surface area contributed by atoms with E-state index in [1.54, 1.807) is 14.2 Å². The Bertz CT molecular complexity index is 838. The third-order valence-corrected chi connectivity index (χ3v) is 5.97. The van der Waals surface area contributed by atoms with Crippen LogP contribution in [0.4, 0.5) is 0 Å². The van der Waals surface area contributed by atoms with Crippen molar-refractivity contribution in [2.45, 2.75) is 45.6 Å². The summed E-state index contributed by atoms with van der Waals surface area (Å²) in [7, 11) is 3.42. The standard InChI is InChI=1S/C25H36N4O3.HI/c1-4-26-24(29-19-25(15-16-30-2)13-5-6-14-25)28-18-20-7-12-23(27-17-20)32-22-10-8-21(31-3)9-11-22;/h7-12,17H,4-6,13-16,18-19H2,1-3H3,(H2,26,28,29);1H. The predicted octanol–water partition coefficient (Wildman–Crippen LogP) is 5.15. The predicted molar refractivity (Wildman–Crippen MR) is 143 cm³/mol. The summed E-state index contributed by atoms with van der Waals surface area (Å²) in [6.07, 6.45) is 8.01. The molecule has 1 fully saturated rings. The van der Waals surface area contributed by atoms with Crippen LogP contribution in [0.15, 0.2) is 47.6 Å². The highest BCUT2D eigenvalue weighted by Gasteiger charge is 2.33. The molecule has 1 aliphatic rings. The molecule has 3 rings (SSSR count). The van der Waals surface area contributed by atoms with Crippen LogP contribution in [0.5, 0.6) is 17.4 Å². The smallest absolute Gasteiger partial charge is 0.219 e. The van der Waals surface area contributed by atoms with Crippen LogP contribution in [-0.4, -0.2) is 44.9 Å². The number of benzene rings is 1. The summed E-state index contributed by atoms with van der Waals surface area (Å²) < 4.78 is 16.3. The van der Waals surface area contributed by atoms with E-state index in [1.807, 2.05) is 42.6 Å². The number of halogens is 1. The number of guanidine groups is 1. The Kier molecular flexibility index (Phi) is 11.7. The fourth-order valence-corrected chi connectivity index (χ4v) is 4.07. The van der Waals surface area contributed by atoms with E-state index < -0.39 is 0 Å². The Morgan fingerprint density at radius 2 is 1.76 bits per heavy atom. The van der Waals surface area contributed by atoms with E-state index in [1.165, 1.54) is 25.7 Å². The first kappa shape index (κ1) is 27.2. The maximum absolute atomic E-state index is 5.80. The first-order valence-corrected chi connectivity index (χ1v) is 11.4. The summed E-state index contributed by atoms with van der Waals surface area (Å²) in [5.41, 5.74) is 1.34. The fourth-order valence-electron chi connectivity index (χ4n) is 4.07. The second-order valence-electron chi connectivity index (χ2n) is 8.28. The minimum absolute atomic E-state index is 0. The molecule has 1 saturated carbocycles. The van der Waals surface area contributed by atoms with Crippen molar-refractivity contribution < 1.29 is 14.2 Å². The van der Waals surface area contributed by atoms with Crippen LogP contribution in [0.2, 0.25) is 0 Å². The molecule has 1 aliphatic carbocycles. The highest BCUT2D eigenvalue weighted by atomic mass is 127. The van der Waals surface area contributed by atoms with E-state index in [0.29, 0.717) is 17.8 Å². The molecular formula is C25H37IN4O3. The number of methoxy groups -OCH3 is 2. The lowest BCUT2D eigenvalue weighted by Crippen LogP contribution is -2.43. The lowest BCUT2D eigenvalue weighted by molar-refractivity contribution is 0.138. The first-order valence-electron chi connectivity index (χ1n) is 11.4. The zero-order valence-corrected chi connectivity index (χ0v) is 22.3. The van der Waals surface area contributed by atoms with Crippen LogP contribution in [0.3, 0.4) is 0 Å². The molecule has 0 radical (unpaired) electrons. The third kappa shape index (κ3) is 8.66. The molecule has 0 atom stereocenters. The number of nitrogens with one attached hydrogen (secondary N) is 2. The average molecular weight is 569 g/mol. The summed E-state index contributed by atoms with van der Waals surface area (Å²) in [4.78, 5) is 9.17. The molecule has 1 aromatic heterocycles. The summed E-state index contributed by atoms with van der Waals surface area (Å²) >= 11 is 0. The zero-order valence-electron chi connectivity index (χ0n) is 19.9. The number of aromatic nitrogens is 1. The molecule has 8 heteroatoms. The molecule has 0 aliphatic heterocycles. The van der Waals surface area contributed by atoms with Crippen LogP contribution in [0.25, 0.3) is 0 Å². The second-order valence-corrected chi connectivity index (χ2v) is 8.28. The SMILES string of the molecule is CCNC(=NCc1ccc(Oc2ccc(OC)cc2)nc1)NCC1(CCOC)CCCC1.I. The number of rotatable bonds is 11. The Morgan fingerprint density at radius 3 is 2.36 bits per heavy atom. The molecular weight excluding hydrogens is 531 g/mol. The van der Waals surface area contributed by atoms with Gasteiger partial charge in [-0.2, -0.15) is 0 Å². The topological polar surface area (TPSA) is 77.0 Å². The summed E-state index contributed by atoms with van der Waals surface area (Å²) in [6, 6.07) is 11.3. The van der Waals surface area contributed by atoms with Gasteiger partial charge in [0, 0.05) is 39.1 Å². The van der Waals surface area contributed by atoms with Crippen molar-refractivity contribution in [2.24, 2.45) is 10.4 Å². The highest BCUT2D eigenvalue weighted by Crippen LogP contribution is 2.40. The Labute approximate surface area is 214 Å². The van der Waals surface area contributed by atoms with Gasteiger partial charge in [-0.3, -0.25) is 0 Å². The lowest BCUT2D eigenvalue weighted by Gasteiger charge is -2.30. The van der Waals surface area contributed by atoms with Gasteiger partial charge in [-0.1, -0.05) is 18.9 Å². The Morgan fingerprint density at radius 1 is 1.03 bits per heavy atom. The minimum Gasteiger partial charge on any atom is -0.497 e. The van der Waals surface area contributed by atoms with E-state index >= 15 is 0 Å². The molecule has 0 spiro atoms. The van der Waals surface area contributed by atoms with Gasteiger partial charge in [0.25, 0.3) is 0 Å². The minimum atomic E-state index is 0. The van der Waals surface area contributed by atoms with Gasteiger partial charge in [0.15, 0.2) is 5.96 Å². The van der Waals surface area contributed by atoms with E-state index in [-0.39, 0.29) is 24.0 Å². The number of aliphatic imine (C=N–C) groups is 1. The molecule has 0 amide bonds. The summed E-state index contributed by atoms with van der Waals surface area (Å²) in [5, 5.41) is 6.92. The summed E-state index contributed by atoms with van der Waals surface area (Å²) in [6.45, 7) is 5.20. The molecule has 1 heterocycles. The van der Waals surface area contributed by atoms with Crippen LogP contribution >= 0.6 is 24.0 Å². The number of hydrogen-bond acceptors (Lipinski definition) is 5. The third-order valence-electron chi connectivity index (χ3n) is 5.97. The van der Waals surface area contributed by atoms with Crippen LogP contribution in [0.1, 0.15) is 44.6 Å². The van der Waals surface area contributed by atoms with Gasteiger partial charge in [0.05, 0.1) is 13.7 Å². The van der Waals surface area contributed by atoms with Crippen molar-refractivity contribution in [1.82, 2.24) is 15.6 Å². The normalized spacial score (nSPS) is 14.9. The van der Waals surface area contributed by atoms with E-state index in [4.69, 9.17) is 19.2 Å². The molecule has 0 bridgehead atoms. The van der Waals surface area contributed by atoms with Crippen LogP contribution < -0.4 is 20.1 Å². The van der Waals surface area contributed by atoms with E-state index in [2.05, 4.69) is 22.5 Å². The second kappa shape index (κ2) is 14.2. The van der Waals surface area contributed by atoms with Crippen molar-refractivity contribution in [3.8, 4) is 17.4 Å². The van der Waals surface area contributed by atoms with E-state index in [9.17, 15) is 0 Å². The van der Waals surface area contributed by atoms with Crippen LogP contribution in [-0.2, 0) is 11.3 Å². The first-order chi connectivity index (χ1) is 15.7. The quantitative estimate of drug-likeness (QED) is 0.222. The van der Waals surface area contributed by atoms with Crippen molar-refractivity contribution in [1.29, 1.82) is 0 Å². The maximum Gasteiger partial charge on any atom is 0.219 e. The maximum atomic E-state index is 5.80. The van der Waals surface area contributed by atoms with Gasteiger partial charge >= 0.3 is 0 Å². The fraction of sp³-hybridized carbons (Fsp3) is 0.520. The molecule has 0 unspecified atom stereocenters. The van der Waals surface area contributed by atoms with Gasteiger partial charge in [-0.15, -0.1) is 24.0 Å². The van der Waals surface area contributed by atoms with Crippen molar-refractivity contribution in [3.05, 3.63) is 48.2 Å². The molecule has 0 saturated heterocycles. The number of nitrogens with zero attached hydrogens (tertiary/aromatic N) is 2.